The van der Waals surface area contributed by atoms with Gasteiger partial charge in [-0.15, -0.1) is 0 Å². The molecule has 0 aliphatic heterocycles. The lowest BCUT2D eigenvalue weighted by Crippen LogP contribution is -2.01. The lowest BCUT2D eigenvalue weighted by atomic mass is 10.1. The molecule has 0 aliphatic rings. The molecule has 3 nitrogen and oxygen atoms in total. The van der Waals surface area contributed by atoms with E-state index in [1.54, 1.807) is 25.4 Å². The summed E-state index contributed by atoms with van der Waals surface area (Å²) in [5.41, 5.74) is 9.27. The fourth-order valence-electron chi connectivity index (χ4n) is 1.31. The summed E-state index contributed by atoms with van der Waals surface area (Å²) in [6.07, 6.45) is 1.72. The summed E-state index contributed by atoms with van der Waals surface area (Å²) in [6.45, 7) is 3.75. The topological polar surface area (TPSA) is 58.6 Å². The van der Waals surface area contributed by atoms with Crippen LogP contribution in [0.25, 0.3) is 5.70 Å². The maximum atomic E-state index is 9.38. The molecular weight excluding hydrogens is 188 g/mol. The van der Waals surface area contributed by atoms with Crippen LogP contribution < -0.4 is 5.73 Å². The van der Waals surface area contributed by atoms with Crippen LogP contribution in [0.5, 0.6) is 5.75 Å². The van der Waals surface area contributed by atoms with Crippen molar-refractivity contribution in [3.8, 4) is 5.75 Å². The zero-order chi connectivity index (χ0) is 11.4. The highest BCUT2D eigenvalue weighted by atomic mass is 16.3. The van der Waals surface area contributed by atoms with Crippen molar-refractivity contribution in [2.75, 3.05) is 7.05 Å². The number of hydrogen-bond donors (Lipinski definition) is 2. The first-order chi connectivity index (χ1) is 7.06. The van der Waals surface area contributed by atoms with Gasteiger partial charge in [-0.3, -0.25) is 4.99 Å². The molecule has 15 heavy (non-hydrogen) atoms. The van der Waals surface area contributed by atoms with Crippen molar-refractivity contribution in [3.63, 3.8) is 0 Å². The highest BCUT2D eigenvalue weighted by Gasteiger charge is 2.02. The van der Waals surface area contributed by atoms with Gasteiger partial charge in [0.05, 0.1) is 0 Å². The van der Waals surface area contributed by atoms with Crippen molar-refractivity contribution < 1.29 is 5.11 Å². The first kappa shape index (κ1) is 11.3. The smallest absolute Gasteiger partial charge is 0.118 e. The number of benzene rings is 1. The molecular formula is C12H16N2O. The van der Waals surface area contributed by atoms with Gasteiger partial charge in [0.25, 0.3) is 0 Å². The maximum absolute atomic E-state index is 9.38. The highest BCUT2D eigenvalue weighted by Crippen LogP contribution is 2.21. The number of nitrogens with zero attached hydrogens (tertiary/aromatic N) is 1. The van der Waals surface area contributed by atoms with Crippen LogP contribution in [-0.2, 0) is 0 Å². The molecule has 0 atom stereocenters. The molecule has 0 spiro atoms. The number of nitrogens with two attached hydrogens (primary N) is 1. The second-order valence-electron chi connectivity index (χ2n) is 3.49. The summed E-state index contributed by atoms with van der Waals surface area (Å²) >= 11 is 0. The molecule has 0 aliphatic carbocycles. The Morgan fingerprint density at radius 3 is 2.67 bits per heavy atom. The number of aryl methyl sites for hydroxylation is 1. The summed E-state index contributed by atoms with van der Waals surface area (Å²) in [6, 6.07) is 5.30. The molecule has 80 valence electrons. The SMILES string of the molecule is CN=CC(C)=C(N)c1ccc(O)c(C)c1. The molecule has 0 aromatic heterocycles. The molecule has 0 heterocycles. The second-order valence-corrected chi connectivity index (χ2v) is 3.49. The van der Waals surface area contributed by atoms with Crippen LogP contribution in [-0.4, -0.2) is 18.4 Å². The van der Waals surface area contributed by atoms with Gasteiger partial charge in [-0.25, -0.2) is 0 Å². The predicted octanol–water partition coefficient (Wildman–Crippen LogP) is 2.09. The molecule has 3 heteroatoms. The van der Waals surface area contributed by atoms with Crippen molar-refractivity contribution >= 4 is 11.9 Å². The lowest BCUT2D eigenvalue weighted by molar-refractivity contribution is 0.471. The third kappa shape index (κ3) is 2.59. The first-order valence-electron chi connectivity index (χ1n) is 4.74. The van der Waals surface area contributed by atoms with Crippen LogP contribution in [0.2, 0.25) is 0 Å². The number of phenolic OH excluding ortho intramolecular Hbond substituents is 1. The Hall–Kier alpha value is -1.77. The van der Waals surface area contributed by atoms with Gasteiger partial charge in [0, 0.05) is 19.0 Å². The van der Waals surface area contributed by atoms with Crippen molar-refractivity contribution in [2.45, 2.75) is 13.8 Å². The van der Waals surface area contributed by atoms with Crippen LogP contribution >= 0.6 is 0 Å². The average Bonchev–Trinajstić information content (AvgIpc) is 2.21. The number of rotatable bonds is 2. The van der Waals surface area contributed by atoms with Crippen molar-refractivity contribution in [1.82, 2.24) is 0 Å². The molecule has 0 saturated carbocycles. The van der Waals surface area contributed by atoms with E-state index in [9.17, 15) is 5.11 Å². The fourth-order valence-corrected chi connectivity index (χ4v) is 1.31. The molecule has 0 radical (unpaired) electrons. The third-order valence-corrected chi connectivity index (χ3v) is 2.26. The molecule has 0 fully saturated rings. The van der Waals surface area contributed by atoms with E-state index in [4.69, 9.17) is 5.73 Å². The lowest BCUT2D eigenvalue weighted by Gasteiger charge is -2.06. The predicted molar refractivity (Wildman–Crippen MR) is 64.0 cm³/mol. The quantitative estimate of drug-likeness (QED) is 0.725. The maximum Gasteiger partial charge on any atom is 0.118 e. The van der Waals surface area contributed by atoms with Gasteiger partial charge < -0.3 is 10.8 Å². The van der Waals surface area contributed by atoms with Gasteiger partial charge in [0.15, 0.2) is 0 Å². The first-order valence-corrected chi connectivity index (χ1v) is 4.74. The van der Waals surface area contributed by atoms with Crippen LogP contribution in [0, 0.1) is 6.92 Å². The Morgan fingerprint density at radius 1 is 1.47 bits per heavy atom. The molecule has 0 bridgehead atoms. The number of hydrogen-bond acceptors (Lipinski definition) is 3. The van der Waals surface area contributed by atoms with E-state index in [1.807, 2.05) is 19.9 Å². The molecule has 0 saturated heterocycles. The van der Waals surface area contributed by atoms with Crippen LogP contribution in [0.4, 0.5) is 0 Å². The van der Waals surface area contributed by atoms with E-state index in [-0.39, 0.29) is 5.75 Å². The van der Waals surface area contributed by atoms with Crippen LogP contribution in [0.1, 0.15) is 18.1 Å². The van der Waals surface area contributed by atoms with Crippen LogP contribution in [0.3, 0.4) is 0 Å². The van der Waals surface area contributed by atoms with Crippen molar-refractivity contribution in [3.05, 3.63) is 34.9 Å². The van der Waals surface area contributed by atoms with E-state index in [0.717, 1.165) is 16.7 Å². The minimum atomic E-state index is 0.286. The van der Waals surface area contributed by atoms with Gasteiger partial charge in [-0.05, 0) is 48.7 Å². The summed E-state index contributed by atoms with van der Waals surface area (Å²) in [7, 11) is 1.71. The molecule has 3 N–H and O–H groups in total. The van der Waals surface area contributed by atoms with Crippen molar-refractivity contribution in [2.24, 2.45) is 10.7 Å². The van der Waals surface area contributed by atoms with E-state index in [0.29, 0.717) is 5.70 Å². The molecule has 1 aromatic carbocycles. The molecule has 1 aromatic rings. The number of phenols is 1. The zero-order valence-electron chi connectivity index (χ0n) is 9.28. The van der Waals surface area contributed by atoms with Gasteiger partial charge in [0.1, 0.15) is 5.75 Å². The summed E-state index contributed by atoms with van der Waals surface area (Å²) < 4.78 is 0. The molecule has 0 unspecified atom stereocenters. The number of allylic oxidation sites excluding steroid dienone is 1. The zero-order valence-corrected chi connectivity index (χ0v) is 9.28. The van der Waals surface area contributed by atoms with E-state index < -0.39 is 0 Å². The second kappa shape index (κ2) is 4.64. The number of aliphatic imine (C=N–C) groups is 1. The van der Waals surface area contributed by atoms with Crippen LogP contribution in [0.15, 0.2) is 28.8 Å². The fraction of sp³-hybridized carbons (Fsp3) is 0.250. The third-order valence-electron chi connectivity index (χ3n) is 2.26. The summed E-state index contributed by atoms with van der Waals surface area (Å²) in [5, 5.41) is 9.38. The molecule has 1 rings (SSSR count). The van der Waals surface area contributed by atoms with Crippen molar-refractivity contribution in [1.29, 1.82) is 0 Å². The Morgan fingerprint density at radius 2 is 2.13 bits per heavy atom. The van der Waals surface area contributed by atoms with Gasteiger partial charge in [-0.1, -0.05) is 0 Å². The van der Waals surface area contributed by atoms with Gasteiger partial charge in [0.2, 0.25) is 0 Å². The van der Waals surface area contributed by atoms with E-state index in [1.165, 1.54) is 0 Å². The average molecular weight is 204 g/mol. The Bertz CT molecular complexity index is 420. The normalized spacial score (nSPS) is 13.0. The Balaban J connectivity index is 3.17. The monoisotopic (exact) mass is 204 g/mol. The van der Waals surface area contributed by atoms with Gasteiger partial charge >= 0.3 is 0 Å². The largest absolute Gasteiger partial charge is 0.508 e. The molecule has 0 amide bonds. The van der Waals surface area contributed by atoms with E-state index in [2.05, 4.69) is 4.99 Å². The summed E-state index contributed by atoms with van der Waals surface area (Å²) in [4.78, 5) is 3.91. The summed E-state index contributed by atoms with van der Waals surface area (Å²) in [5.74, 6) is 0.286. The highest BCUT2D eigenvalue weighted by molar-refractivity contribution is 5.89. The Kier molecular flexibility index (Phi) is 3.50. The minimum absolute atomic E-state index is 0.286. The standard InChI is InChI=1S/C12H16N2O/c1-8-6-10(4-5-11(8)15)12(13)9(2)7-14-3/h4-7,15H,13H2,1-3H3. The van der Waals surface area contributed by atoms with Gasteiger partial charge in [-0.2, -0.15) is 0 Å². The number of aromatic hydroxyl groups is 1. The van der Waals surface area contributed by atoms with E-state index >= 15 is 0 Å². The Labute approximate surface area is 90.0 Å². The minimum Gasteiger partial charge on any atom is -0.508 e.